The molecular formula is C29H36ClN3O2. The van der Waals surface area contributed by atoms with Crippen LogP contribution in [0.25, 0.3) is 0 Å². The molecule has 0 N–H and O–H groups in total. The number of carbonyl (C=O) groups is 2. The highest BCUT2D eigenvalue weighted by molar-refractivity contribution is 6.31. The number of benzene rings is 2. The fourth-order valence-corrected chi connectivity index (χ4v) is 4.34. The van der Waals surface area contributed by atoms with Crippen molar-refractivity contribution < 1.29 is 9.59 Å². The zero-order valence-corrected chi connectivity index (χ0v) is 21.7. The Labute approximate surface area is 214 Å². The molecule has 0 spiro atoms. The van der Waals surface area contributed by atoms with Crippen molar-refractivity contribution in [2.45, 2.75) is 46.7 Å². The maximum absolute atomic E-state index is 13.4. The maximum atomic E-state index is 13.4. The van der Waals surface area contributed by atoms with Gasteiger partial charge < -0.3 is 14.4 Å². The number of nitrogens with zero attached hydrogens (tertiary/aromatic N) is 3. The molecule has 6 heteroatoms. The van der Waals surface area contributed by atoms with Gasteiger partial charge in [-0.25, -0.2) is 0 Å². The summed E-state index contributed by atoms with van der Waals surface area (Å²) in [5.41, 5.74) is 3.20. The van der Waals surface area contributed by atoms with E-state index in [0.29, 0.717) is 44.9 Å². The number of halogens is 1. The smallest absolute Gasteiger partial charge is 0.242 e. The molecule has 3 aromatic rings. The Morgan fingerprint density at radius 1 is 0.914 bits per heavy atom. The minimum atomic E-state index is -0.0286. The molecular weight excluding hydrogens is 458 g/mol. The average molecular weight is 494 g/mol. The van der Waals surface area contributed by atoms with Crippen LogP contribution in [0.2, 0.25) is 5.02 Å². The van der Waals surface area contributed by atoms with Crippen LogP contribution in [0.1, 0.15) is 44.0 Å². The lowest BCUT2D eigenvalue weighted by Crippen LogP contribution is -2.44. The number of hydrogen-bond donors (Lipinski definition) is 0. The van der Waals surface area contributed by atoms with Crippen LogP contribution in [0.15, 0.2) is 72.9 Å². The topological polar surface area (TPSA) is 45.6 Å². The summed E-state index contributed by atoms with van der Waals surface area (Å²) in [6, 6.07) is 21.8. The Hall–Kier alpha value is -3.05. The molecule has 0 aliphatic heterocycles. The molecule has 0 aliphatic rings. The molecule has 0 saturated heterocycles. The first-order valence-electron chi connectivity index (χ1n) is 12.3. The van der Waals surface area contributed by atoms with Gasteiger partial charge in [-0.3, -0.25) is 9.59 Å². The second-order valence-corrected chi connectivity index (χ2v) is 9.69. The molecule has 1 heterocycles. The van der Waals surface area contributed by atoms with Crippen molar-refractivity contribution >= 4 is 23.4 Å². The van der Waals surface area contributed by atoms with Gasteiger partial charge in [0.25, 0.3) is 0 Å². The Bertz CT molecular complexity index is 1090. The van der Waals surface area contributed by atoms with Crippen LogP contribution in [0.4, 0.5) is 0 Å². The number of carbonyl (C=O) groups excluding carboxylic acids is 2. The number of rotatable bonds is 12. The maximum Gasteiger partial charge on any atom is 0.242 e. The lowest BCUT2D eigenvalue weighted by molar-refractivity contribution is -0.141. The molecule has 35 heavy (non-hydrogen) atoms. The normalized spacial score (nSPS) is 11.0. The van der Waals surface area contributed by atoms with E-state index in [1.54, 1.807) is 4.90 Å². The monoisotopic (exact) mass is 493 g/mol. The molecule has 5 nitrogen and oxygen atoms in total. The highest BCUT2D eigenvalue weighted by Crippen LogP contribution is 2.18. The van der Waals surface area contributed by atoms with E-state index in [0.717, 1.165) is 21.8 Å². The summed E-state index contributed by atoms with van der Waals surface area (Å²) in [5, 5.41) is 0.731. The summed E-state index contributed by atoms with van der Waals surface area (Å²) in [5.74, 6) is 0.296. The van der Waals surface area contributed by atoms with E-state index in [9.17, 15) is 9.59 Å². The van der Waals surface area contributed by atoms with Gasteiger partial charge in [0.15, 0.2) is 0 Å². The minimum Gasteiger partial charge on any atom is -0.345 e. The Morgan fingerprint density at radius 2 is 1.63 bits per heavy atom. The van der Waals surface area contributed by atoms with E-state index in [-0.39, 0.29) is 18.4 Å². The molecule has 0 atom stereocenters. The third-order valence-electron chi connectivity index (χ3n) is 6.04. The van der Waals surface area contributed by atoms with Crippen molar-refractivity contribution in [3.05, 3.63) is 94.8 Å². The fraction of sp³-hybridized carbons (Fsp3) is 0.379. The zero-order chi connectivity index (χ0) is 25.2. The van der Waals surface area contributed by atoms with E-state index in [4.69, 9.17) is 11.6 Å². The highest BCUT2D eigenvalue weighted by atomic mass is 35.5. The predicted molar refractivity (Wildman–Crippen MR) is 142 cm³/mol. The van der Waals surface area contributed by atoms with Gasteiger partial charge in [-0.2, -0.15) is 0 Å². The number of hydrogen-bond acceptors (Lipinski definition) is 2. The summed E-state index contributed by atoms with van der Waals surface area (Å²) in [4.78, 5) is 29.8. The Morgan fingerprint density at radius 3 is 2.31 bits per heavy atom. The molecule has 186 valence electrons. The first-order valence-corrected chi connectivity index (χ1v) is 12.7. The van der Waals surface area contributed by atoms with E-state index in [2.05, 4.69) is 18.4 Å². The fourth-order valence-electron chi connectivity index (χ4n) is 4.14. The van der Waals surface area contributed by atoms with Gasteiger partial charge in [-0.15, -0.1) is 0 Å². The zero-order valence-electron chi connectivity index (χ0n) is 21.0. The molecule has 2 aromatic carbocycles. The van der Waals surface area contributed by atoms with Crippen molar-refractivity contribution in [1.82, 2.24) is 14.4 Å². The standard InChI is InChI=1S/C29H36ClN3O2/c1-4-31(28(34)17-16-24-11-6-5-7-12-24)22-29(35)33(19-23(2)3)21-26-14-10-18-32(26)20-25-13-8-9-15-27(25)30/h5-15,18,23H,4,16-17,19-22H2,1-3H3. The molecule has 0 radical (unpaired) electrons. The van der Waals surface area contributed by atoms with Crippen molar-refractivity contribution in [3.63, 3.8) is 0 Å². The van der Waals surface area contributed by atoms with Crippen LogP contribution < -0.4 is 0 Å². The van der Waals surface area contributed by atoms with Crippen molar-refractivity contribution in [1.29, 1.82) is 0 Å². The second kappa shape index (κ2) is 13.1. The van der Waals surface area contributed by atoms with Gasteiger partial charge >= 0.3 is 0 Å². The van der Waals surface area contributed by atoms with Crippen LogP contribution in [-0.2, 0) is 29.1 Å². The number of amides is 2. The van der Waals surface area contributed by atoms with Crippen LogP contribution in [0, 0.1) is 5.92 Å². The summed E-state index contributed by atoms with van der Waals surface area (Å²) in [7, 11) is 0. The van der Waals surface area contributed by atoms with E-state index in [1.807, 2.05) is 84.8 Å². The number of aryl methyl sites for hydroxylation is 1. The predicted octanol–water partition coefficient (Wildman–Crippen LogP) is 5.66. The SMILES string of the molecule is CCN(CC(=O)N(Cc1cccn1Cc1ccccc1Cl)CC(C)C)C(=O)CCc1ccccc1. The molecule has 0 bridgehead atoms. The Kier molecular flexibility index (Phi) is 9.98. The third kappa shape index (κ3) is 8.00. The first kappa shape index (κ1) is 26.6. The molecule has 0 fully saturated rings. The molecule has 1 aromatic heterocycles. The molecule has 3 rings (SSSR count). The Balaban J connectivity index is 1.66. The van der Waals surface area contributed by atoms with Gasteiger partial charge in [-0.1, -0.05) is 74.0 Å². The van der Waals surface area contributed by atoms with Gasteiger partial charge in [0.05, 0.1) is 13.1 Å². The average Bonchev–Trinajstić information content (AvgIpc) is 3.28. The second-order valence-electron chi connectivity index (χ2n) is 9.28. The summed E-state index contributed by atoms with van der Waals surface area (Å²) < 4.78 is 2.13. The largest absolute Gasteiger partial charge is 0.345 e. The molecule has 0 saturated carbocycles. The van der Waals surface area contributed by atoms with E-state index in [1.165, 1.54) is 0 Å². The van der Waals surface area contributed by atoms with E-state index < -0.39 is 0 Å². The van der Waals surface area contributed by atoms with Gasteiger partial charge in [0.1, 0.15) is 0 Å². The quantitative estimate of drug-likeness (QED) is 0.327. The molecule has 2 amide bonds. The van der Waals surface area contributed by atoms with Crippen LogP contribution >= 0.6 is 11.6 Å². The lowest BCUT2D eigenvalue weighted by Gasteiger charge is -2.29. The van der Waals surface area contributed by atoms with Crippen molar-refractivity contribution in [3.8, 4) is 0 Å². The highest BCUT2D eigenvalue weighted by Gasteiger charge is 2.22. The minimum absolute atomic E-state index is 0.0105. The van der Waals surface area contributed by atoms with Gasteiger partial charge in [-0.05, 0) is 48.6 Å². The molecule has 0 unspecified atom stereocenters. The number of aromatic nitrogens is 1. The van der Waals surface area contributed by atoms with Crippen molar-refractivity contribution in [2.75, 3.05) is 19.6 Å². The van der Waals surface area contributed by atoms with Crippen molar-refractivity contribution in [2.24, 2.45) is 5.92 Å². The molecule has 0 aliphatic carbocycles. The number of likely N-dealkylation sites (N-methyl/N-ethyl adjacent to an activating group) is 1. The summed E-state index contributed by atoms with van der Waals surface area (Å²) in [6.07, 6.45) is 3.09. The van der Waals surface area contributed by atoms with Crippen LogP contribution in [0.3, 0.4) is 0 Å². The van der Waals surface area contributed by atoms with Crippen LogP contribution in [-0.4, -0.2) is 45.8 Å². The van der Waals surface area contributed by atoms with Gasteiger partial charge in [0.2, 0.25) is 11.8 Å². The van der Waals surface area contributed by atoms with E-state index >= 15 is 0 Å². The lowest BCUT2D eigenvalue weighted by atomic mass is 10.1. The summed E-state index contributed by atoms with van der Waals surface area (Å²) >= 11 is 6.37. The summed E-state index contributed by atoms with van der Waals surface area (Å²) in [6.45, 7) is 8.51. The van der Waals surface area contributed by atoms with Crippen LogP contribution in [0.5, 0.6) is 0 Å². The van der Waals surface area contributed by atoms with Gasteiger partial charge in [0, 0.05) is 43.0 Å². The third-order valence-corrected chi connectivity index (χ3v) is 6.41. The first-order chi connectivity index (χ1) is 16.9.